The van der Waals surface area contributed by atoms with Crippen LogP contribution in [-0.2, 0) is 14.8 Å². The van der Waals surface area contributed by atoms with E-state index in [2.05, 4.69) is 17.0 Å². The number of amides is 1. The number of halogens is 1. The molecule has 0 aromatic heterocycles. The number of likely N-dealkylation sites (N-methyl/N-ethyl adjacent to an activating group) is 1. The molecule has 180 valence electrons. The van der Waals surface area contributed by atoms with Gasteiger partial charge in [0.2, 0.25) is 0 Å². The van der Waals surface area contributed by atoms with Crippen molar-refractivity contribution in [3.05, 3.63) is 53.8 Å². The van der Waals surface area contributed by atoms with Gasteiger partial charge < -0.3 is 19.7 Å². The Kier molecular flexibility index (Phi) is 7.93. The Balaban J connectivity index is 1.93. The van der Waals surface area contributed by atoms with E-state index in [0.717, 1.165) is 6.07 Å². The van der Waals surface area contributed by atoms with Crippen molar-refractivity contribution in [2.45, 2.75) is 30.9 Å². The maximum atomic E-state index is 14.0. The van der Waals surface area contributed by atoms with E-state index in [4.69, 9.17) is 9.47 Å². The van der Waals surface area contributed by atoms with Gasteiger partial charge in [-0.1, -0.05) is 19.1 Å². The van der Waals surface area contributed by atoms with E-state index >= 15 is 0 Å². The molecule has 0 unspecified atom stereocenters. The molecular weight excluding hydrogens is 449 g/mol. The first-order chi connectivity index (χ1) is 15.6. The highest BCUT2D eigenvalue weighted by molar-refractivity contribution is 7.92. The van der Waals surface area contributed by atoms with E-state index < -0.39 is 20.7 Å². The van der Waals surface area contributed by atoms with Crippen LogP contribution in [0.15, 0.2) is 47.4 Å². The third kappa shape index (κ3) is 6.01. The van der Waals surface area contributed by atoms with E-state index in [9.17, 15) is 17.6 Å². The van der Waals surface area contributed by atoms with Crippen molar-refractivity contribution in [2.75, 3.05) is 38.6 Å². The third-order valence-electron chi connectivity index (χ3n) is 5.61. The fraction of sp³-hybridized carbons (Fsp3) is 0.435. The molecule has 0 aliphatic carbocycles. The summed E-state index contributed by atoms with van der Waals surface area (Å²) in [5.74, 6) is -0.728. The number of carbonyl (C=O) groups excluding carboxylic acids is 1. The minimum atomic E-state index is -4.17. The maximum Gasteiger partial charge on any atom is 0.264 e. The van der Waals surface area contributed by atoms with Gasteiger partial charge in [0.15, 0.2) is 0 Å². The van der Waals surface area contributed by atoms with Crippen LogP contribution in [0.3, 0.4) is 0 Å². The number of fused-ring (bicyclic) bond motifs is 1. The van der Waals surface area contributed by atoms with Crippen LogP contribution >= 0.6 is 0 Å². The molecule has 10 heteroatoms. The second-order valence-corrected chi connectivity index (χ2v) is 9.96. The number of hydrogen-bond acceptors (Lipinski definition) is 6. The fourth-order valence-corrected chi connectivity index (χ4v) is 4.72. The largest absolute Gasteiger partial charge is 0.491 e. The number of nitrogens with zero attached hydrogens (tertiary/aromatic N) is 1. The summed E-state index contributed by atoms with van der Waals surface area (Å²) >= 11 is 0. The summed E-state index contributed by atoms with van der Waals surface area (Å²) in [6.45, 7) is 5.34. The van der Waals surface area contributed by atoms with E-state index in [1.54, 1.807) is 19.1 Å². The SMILES string of the molecule is CO[C@@H]1CN(C)C(=O)c2ccc(NS(=O)(=O)c3ccccc3F)cc2OC[C@@H](C)NC[C@@H]1C. The minimum absolute atomic E-state index is 0.0242. The van der Waals surface area contributed by atoms with Crippen molar-refractivity contribution in [2.24, 2.45) is 5.92 Å². The lowest BCUT2D eigenvalue weighted by molar-refractivity contribution is 0.0281. The highest BCUT2D eigenvalue weighted by atomic mass is 32.2. The highest BCUT2D eigenvalue weighted by Crippen LogP contribution is 2.28. The molecule has 0 spiro atoms. The van der Waals surface area contributed by atoms with Gasteiger partial charge in [-0.2, -0.15) is 0 Å². The monoisotopic (exact) mass is 479 g/mol. The van der Waals surface area contributed by atoms with Gasteiger partial charge in [-0.15, -0.1) is 0 Å². The molecule has 3 rings (SSSR count). The molecule has 0 saturated carbocycles. The summed E-state index contributed by atoms with van der Waals surface area (Å²) in [6, 6.07) is 9.48. The number of methoxy groups -OCH3 is 1. The van der Waals surface area contributed by atoms with Crippen LogP contribution in [0.2, 0.25) is 0 Å². The molecule has 0 saturated heterocycles. The molecule has 2 aromatic rings. The van der Waals surface area contributed by atoms with Crippen LogP contribution < -0.4 is 14.8 Å². The first-order valence-corrected chi connectivity index (χ1v) is 12.2. The second-order valence-electron chi connectivity index (χ2n) is 8.30. The summed E-state index contributed by atoms with van der Waals surface area (Å²) in [7, 11) is -0.860. The molecule has 0 fully saturated rings. The number of hydrogen-bond donors (Lipinski definition) is 2. The molecular formula is C23H30FN3O5S. The van der Waals surface area contributed by atoms with Gasteiger partial charge in [0, 0.05) is 39.4 Å². The minimum Gasteiger partial charge on any atom is -0.491 e. The molecule has 1 aliphatic rings. The normalized spacial score (nSPS) is 22.5. The van der Waals surface area contributed by atoms with Gasteiger partial charge >= 0.3 is 0 Å². The summed E-state index contributed by atoms with van der Waals surface area (Å²) in [4.78, 5) is 14.2. The highest BCUT2D eigenvalue weighted by Gasteiger charge is 2.26. The van der Waals surface area contributed by atoms with Gasteiger partial charge in [0.1, 0.15) is 23.1 Å². The zero-order valence-corrected chi connectivity index (χ0v) is 20.0. The van der Waals surface area contributed by atoms with Crippen LogP contribution in [0.1, 0.15) is 24.2 Å². The topological polar surface area (TPSA) is 97.0 Å². The van der Waals surface area contributed by atoms with Crippen molar-refractivity contribution in [3.8, 4) is 5.75 Å². The Hall–Kier alpha value is -2.69. The molecule has 1 amide bonds. The average molecular weight is 480 g/mol. The second kappa shape index (κ2) is 10.5. The Morgan fingerprint density at radius 1 is 1.21 bits per heavy atom. The van der Waals surface area contributed by atoms with Crippen molar-refractivity contribution >= 4 is 21.6 Å². The maximum absolute atomic E-state index is 14.0. The molecule has 1 heterocycles. The number of benzene rings is 2. The van der Waals surface area contributed by atoms with Gasteiger partial charge in [0.05, 0.1) is 17.4 Å². The molecule has 33 heavy (non-hydrogen) atoms. The van der Waals surface area contributed by atoms with Crippen LogP contribution in [0, 0.1) is 11.7 Å². The Bertz CT molecular complexity index is 1100. The Labute approximate surface area is 194 Å². The van der Waals surface area contributed by atoms with E-state index in [-0.39, 0.29) is 42.0 Å². The quantitative estimate of drug-likeness (QED) is 0.700. The molecule has 0 radical (unpaired) electrons. The summed E-state index contributed by atoms with van der Waals surface area (Å²) in [6.07, 6.45) is -0.158. The first-order valence-electron chi connectivity index (χ1n) is 10.7. The zero-order chi connectivity index (χ0) is 24.2. The fourth-order valence-electron chi connectivity index (χ4n) is 3.59. The van der Waals surface area contributed by atoms with Gasteiger partial charge in [-0.05, 0) is 37.1 Å². The summed E-state index contributed by atoms with van der Waals surface area (Å²) in [5.41, 5.74) is 0.449. The molecule has 0 bridgehead atoms. The number of nitrogens with one attached hydrogen (secondary N) is 2. The standard InChI is InChI=1S/C23H30FN3O5S/c1-15-12-25-16(2)14-32-20-11-17(26-33(29,30)22-8-6-5-7-19(22)24)9-10-18(20)23(28)27(3)13-21(15)31-4/h5-11,15-16,21,25-26H,12-14H2,1-4H3/t15-,16+,21+/m0/s1. The zero-order valence-electron chi connectivity index (χ0n) is 19.2. The van der Waals surface area contributed by atoms with Crippen LogP contribution in [0.25, 0.3) is 0 Å². The summed E-state index contributed by atoms with van der Waals surface area (Å²) < 4.78 is 53.3. The Morgan fingerprint density at radius 3 is 2.64 bits per heavy atom. The van der Waals surface area contributed by atoms with Gasteiger partial charge in [0.25, 0.3) is 15.9 Å². The number of anilines is 1. The third-order valence-corrected chi connectivity index (χ3v) is 7.02. The molecule has 1 aliphatic heterocycles. The predicted octanol–water partition coefficient (Wildman–Crippen LogP) is 2.72. The predicted molar refractivity (Wildman–Crippen MR) is 124 cm³/mol. The first kappa shape index (κ1) is 24.9. The lowest BCUT2D eigenvalue weighted by Gasteiger charge is -2.30. The van der Waals surface area contributed by atoms with E-state index in [1.165, 1.54) is 36.4 Å². The number of rotatable bonds is 4. The van der Waals surface area contributed by atoms with E-state index in [1.807, 2.05) is 6.92 Å². The lowest BCUT2D eigenvalue weighted by Crippen LogP contribution is -2.44. The lowest BCUT2D eigenvalue weighted by atomic mass is 10.0. The van der Waals surface area contributed by atoms with Crippen LogP contribution in [0.4, 0.5) is 10.1 Å². The van der Waals surface area contributed by atoms with Crippen LogP contribution in [-0.4, -0.2) is 65.2 Å². The van der Waals surface area contributed by atoms with Crippen molar-refractivity contribution in [1.82, 2.24) is 10.2 Å². The van der Waals surface area contributed by atoms with Crippen LogP contribution in [0.5, 0.6) is 5.75 Å². The number of carbonyl (C=O) groups is 1. The van der Waals surface area contributed by atoms with Gasteiger partial charge in [-0.25, -0.2) is 12.8 Å². The Morgan fingerprint density at radius 2 is 1.94 bits per heavy atom. The molecule has 2 N–H and O–H groups in total. The molecule has 3 atom stereocenters. The van der Waals surface area contributed by atoms with Gasteiger partial charge in [-0.3, -0.25) is 9.52 Å². The van der Waals surface area contributed by atoms with Crippen molar-refractivity contribution in [1.29, 1.82) is 0 Å². The summed E-state index contributed by atoms with van der Waals surface area (Å²) in [5, 5.41) is 3.39. The van der Waals surface area contributed by atoms with Crippen molar-refractivity contribution in [3.63, 3.8) is 0 Å². The molecule has 2 aromatic carbocycles. The van der Waals surface area contributed by atoms with Crippen molar-refractivity contribution < 1.29 is 27.1 Å². The number of ether oxygens (including phenoxy) is 2. The van der Waals surface area contributed by atoms with E-state index in [0.29, 0.717) is 18.7 Å². The average Bonchev–Trinajstić information content (AvgIpc) is 2.78. The number of sulfonamides is 1. The molecule has 8 nitrogen and oxygen atoms in total. The smallest absolute Gasteiger partial charge is 0.264 e.